The summed E-state index contributed by atoms with van der Waals surface area (Å²) in [6.07, 6.45) is 2.59. The summed E-state index contributed by atoms with van der Waals surface area (Å²) in [7, 11) is 1.84. The predicted octanol–water partition coefficient (Wildman–Crippen LogP) is 2.47. The molecule has 1 heterocycles. The van der Waals surface area contributed by atoms with E-state index in [0.29, 0.717) is 18.3 Å². The highest BCUT2D eigenvalue weighted by Gasteiger charge is 2.50. The minimum atomic E-state index is -0.606. The van der Waals surface area contributed by atoms with Gasteiger partial charge in [-0.15, -0.1) is 0 Å². The van der Waals surface area contributed by atoms with Crippen LogP contribution in [0.25, 0.3) is 11.4 Å². The predicted molar refractivity (Wildman–Crippen MR) is 78.6 cm³/mol. The van der Waals surface area contributed by atoms with Crippen molar-refractivity contribution in [2.75, 3.05) is 6.61 Å². The van der Waals surface area contributed by atoms with Crippen LogP contribution in [0, 0.1) is 0 Å². The van der Waals surface area contributed by atoms with Crippen LogP contribution in [0.1, 0.15) is 32.0 Å². The molecule has 110 valence electrons. The third kappa shape index (κ3) is 2.22. The van der Waals surface area contributed by atoms with E-state index >= 15 is 0 Å². The number of nitrogens with zero attached hydrogens (tertiary/aromatic N) is 3. The number of esters is 1. The van der Waals surface area contributed by atoms with E-state index in [2.05, 4.69) is 10.1 Å². The van der Waals surface area contributed by atoms with Gasteiger partial charge in [-0.1, -0.05) is 36.8 Å². The molecule has 0 aliphatic heterocycles. The number of hydrogen-bond donors (Lipinski definition) is 0. The van der Waals surface area contributed by atoms with Crippen molar-refractivity contribution in [1.82, 2.24) is 14.8 Å². The molecule has 0 unspecified atom stereocenters. The average Bonchev–Trinajstić information content (AvgIpc) is 2.82. The van der Waals surface area contributed by atoms with Gasteiger partial charge in [0, 0.05) is 12.6 Å². The summed E-state index contributed by atoms with van der Waals surface area (Å²) in [5, 5.41) is 4.47. The van der Waals surface area contributed by atoms with Crippen molar-refractivity contribution < 1.29 is 9.53 Å². The number of rotatable bonds is 4. The van der Waals surface area contributed by atoms with Gasteiger partial charge in [0.25, 0.3) is 0 Å². The molecular formula is C16H19N3O2. The Labute approximate surface area is 124 Å². The lowest BCUT2D eigenvalue weighted by molar-refractivity contribution is -0.154. The number of ether oxygens (including phenoxy) is 1. The smallest absolute Gasteiger partial charge is 0.319 e. The Morgan fingerprint density at radius 1 is 1.33 bits per heavy atom. The van der Waals surface area contributed by atoms with Crippen molar-refractivity contribution in [2.45, 2.75) is 31.6 Å². The molecule has 2 aromatic rings. The molecule has 1 saturated carbocycles. The molecule has 0 bridgehead atoms. The van der Waals surface area contributed by atoms with Crippen LogP contribution in [0.15, 0.2) is 30.3 Å². The molecule has 1 fully saturated rings. The van der Waals surface area contributed by atoms with Crippen LogP contribution in [0.4, 0.5) is 0 Å². The first-order chi connectivity index (χ1) is 10.2. The number of benzene rings is 1. The van der Waals surface area contributed by atoms with Crippen LogP contribution in [0.5, 0.6) is 0 Å². The SMILES string of the molecule is CCOC(=O)C1(c2nc(-c3ccccc3)nn2C)CCC1. The molecule has 0 saturated heterocycles. The first kappa shape index (κ1) is 13.8. The van der Waals surface area contributed by atoms with Crippen LogP contribution in [0.2, 0.25) is 0 Å². The summed E-state index contributed by atoms with van der Waals surface area (Å²) in [5.74, 6) is 1.20. The standard InChI is InChI=1S/C16H19N3O2/c1-3-21-15(20)16(10-7-11-16)14-17-13(18-19(14)2)12-8-5-4-6-9-12/h4-6,8-9H,3,7,10-11H2,1-2H3. The van der Waals surface area contributed by atoms with Gasteiger partial charge in [-0.2, -0.15) is 5.10 Å². The second-order valence-corrected chi connectivity index (χ2v) is 5.40. The Morgan fingerprint density at radius 3 is 2.62 bits per heavy atom. The number of carbonyl (C=O) groups excluding carboxylic acids is 1. The number of hydrogen-bond acceptors (Lipinski definition) is 4. The summed E-state index contributed by atoms with van der Waals surface area (Å²) in [6, 6.07) is 9.80. The zero-order valence-corrected chi connectivity index (χ0v) is 12.4. The molecule has 5 heteroatoms. The molecule has 1 aromatic carbocycles. The van der Waals surface area contributed by atoms with E-state index in [-0.39, 0.29) is 5.97 Å². The van der Waals surface area contributed by atoms with Crippen molar-refractivity contribution >= 4 is 5.97 Å². The molecule has 3 rings (SSSR count). The van der Waals surface area contributed by atoms with Crippen LogP contribution >= 0.6 is 0 Å². The Hall–Kier alpha value is -2.17. The van der Waals surface area contributed by atoms with Crippen LogP contribution in [-0.2, 0) is 22.0 Å². The minimum absolute atomic E-state index is 0.175. The monoisotopic (exact) mass is 285 g/mol. The van der Waals surface area contributed by atoms with Gasteiger partial charge in [0.2, 0.25) is 0 Å². The fourth-order valence-electron chi connectivity index (χ4n) is 2.83. The second-order valence-electron chi connectivity index (χ2n) is 5.40. The minimum Gasteiger partial charge on any atom is -0.465 e. The van der Waals surface area contributed by atoms with E-state index < -0.39 is 5.41 Å². The van der Waals surface area contributed by atoms with Crippen molar-refractivity contribution in [3.8, 4) is 11.4 Å². The molecule has 0 N–H and O–H groups in total. The molecule has 21 heavy (non-hydrogen) atoms. The van der Waals surface area contributed by atoms with Crippen LogP contribution in [-0.4, -0.2) is 27.3 Å². The Kier molecular flexibility index (Phi) is 3.49. The average molecular weight is 285 g/mol. The Balaban J connectivity index is 1.99. The molecule has 1 aliphatic carbocycles. The molecule has 1 aromatic heterocycles. The highest BCUT2D eigenvalue weighted by Crippen LogP contribution is 2.44. The van der Waals surface area contributed by atoms with Gasteiger partial charge >= 0.3 is 5.97 Å². The fraction of sp³-hybridized carbons (Fsp3) is 0.438. The lowest BCUT2D eigenvalue weighted by atomic mass is 9.68. The number of carbonyl (C=O) groups is 1. The Bertz CT molecular complexity index is 645. The number of aryl methyl sites for hydroxylation is 1. The largest absolute Gasteiger partial charge is 0.465 e. The zero-order chi connectivity index (χ0) is 14.9. The highest BCUT2D eigenvalue weighted by molar-refractivity contribution is 5.83. The quantitative estimate of drug-likeness (QED) is 0.810. The summed E-state index contributed by atoms with van der Waals surface area (Å²) in [6.45, 7) is 2.22. The van der Waals surface area contributed by atoms with Crippen molar-refractivity contribution in [2.24, 2.45) is 7.05 Å². The zero-order valence-electron chi connectivity index (χ0n) is 12.4. The van der Waals surface area contributed by atoms with E-state index in [1.165, 1.54) is 0 Å². The maximum absolute atomic E-state index is 12.3. The fourth-order valence-corrected chi connectivity index (χ4v) is 2.83. The molecule has 0 spiro atoms. The van der Waals surface area contributed by atoms with E-state index in [0.717, 1.165) is 24.8 Å². The summed E-state index contributed by atoms with van der Waals surface area (Å²) < 4.78 is 6.97. The van der Waals surface area contributed by atoms with Gasteiger partial charge in [-0.3, -0.25) is 9.48 Å². The lowest BCUT2D eigenvalue weighted by Gasteiger charge is -2.37. The summed E-state index contributed by atoms with van der Waals surface area (Å²) in [4.78, 5) is 17.0. The van der Waals surface area contributed by atoms with Gasteiger partial charge in [0.1, 0.15) is 11.2 Å². The van der Waals surface area contributed by atoms with E-state index in [4.69, 9.17) is 4.74 Å². The van der Waals surface area contributed by atoms with Gasteiger partial charge in [-0.25, -0.2) is 4.98 Å². The first-order valence-corrected chi connectivity index (χ1v) is 7.31. The highest BCUT2D eigenvalue weighted by atomic mass is 16.5. The molecule has 0 amide bonds. The molecule has 5 nitrogen and oxygen atoms in total. The third-order valence-corrected chi connectivity index (χ3v) is 4.10. The van der Waals surface area contributed by atoms with Crippen LogP contribution < -0.4 is 0 Å². The van der Waals surface area contributed by atoms with E-state index in [1.54, 1.807) is 4.68 Å². The van der Waals surface area contributed by atoms with Crippen molar-refractivity contribution in [3.05, 3.63) is 36.2 Å². The molecule has 0 atom stereocenters. The number of aromatic nitrogens is 3. The first-order valence-electron chi connectivity index (χ1n) is 7.31. The topological polar surface area (TPSA) is 57.0 Å². The van der Waals surface area contributed by atoms with Gasteiger partial charge < -0.3 is 4.74 Å². The maximum Gasteiger partial charge on any atom is 0.319 e. The third-order valence-electron chi connectivity index (χ3n) is 4.10. The molecular weight excluding hydrogens is 266 g/mol. The summed E-state index contributed by atoms with van der Waals surface area (Å²) >= 11 is 0. The molecule has 1 aliphatic rings. The van der Waals surface area contributed by atoms with Crippen molar-refractivity contribution in [3.63, 3.8) is 0 Å². The van der Waals surface area contributed by atoms with Gasteiger partial charge in [0.05, 0.1) is 6.61 Å². The normalized spacial score (nSPS) is 16.3. The summed E-state index contributed by atoms with van der Waals surface area (Å²) in [5.41, 5.74) is 0.350. The molecule has 0 radical (unpaired) electrons. The van der Waals surface area contributed by atoms with Crippen molar-refractivity contribution in [1.29, 1.82) is 0 Å². The van der Waals surface area contributed by atoms with Gasteiger partial charge in [0.15, 0.2) is 5.82 Å². The lowest BCUT2D eigenvalue weighted by Crippen LogP contribution is -2.45. The van der Waals surface area contributed by atoms with E-state index in [1.807, 2.05) is 44.3 Å². The second kappa shape index (κ2) is 5.31. The van der Waals surface area contributed by atoms with Gasteiger partial charge in [-0.05, 0) is 19.8 Å². The van der Waals surface area contributed by atoms with Crippen LogP contribution in [0.3, 0.4) is 0 Å². The Morgan fingerprint density at radius 2 is 2.05 bits per heavy atom. The maximum atomic E-state index is 12.3. The van der Waals surface area contributed by atoms with E-state index in [9.17, 15) is 4.79 Å².